The van der Waals surface area contributed by atoms with Crippen molar-refractivity contribution in [2.45, 2.75) is 37.0 Å². The van der Waals surface area contributed by atoms with Gasteiger partial charge in [0, 0.05) is 11.8 Å². The van der Waals surface area contributed by atoms with Crippen LogP contribution >= 0.6 is 11.6 Å². The van der Waals surface area contributed by atoms with E-state index in [0.717, 1.165) is 24.8 Å². The molecule has 1 aliphatic rings. The normalized spacial score (nSPS) is 16.4. The highest BCUT2D eigenvalue weighted by Crippen LogP contribution is 2.41. The molecule has 0 amide bonds. The van der Waals surface area contributed by atoms with Crippen LogP contribution in [0, 0.1) is 6.92 Å². The molecule has 0 saturated heterocycles. The zero-order chi connectivity index (χ0) is 13.5. The topological polar surface area (TPSA) is 51.2 Å². The summed E-state index contributed by atoms with van der Waals surface area (Å²) in [6, 6.07) is 3.37. The molecule has 1 saturated carbocycles. The molecule has 0 bridgehead atoms. The fourth-order valence-electron chi connectivity index (χ4n) is 2.46. The minimum absolute atomic E-state index is 0.278. The van der Waals surface area contributed by atoms with Crippen molar-refractivity contribution in [2.75, 3.05) is 6.26 Å². The molecule has 1 fully saturated rings. The van der Waals surface area contributed by atoms with Crippen molar-refractivity contribution < 1.29 is 13.2 Å². The van der Waals surface area contributed by atoms with Crippen LogP contribution in [-0.4, -0.2) is 19.9 Å². The van der Waals surface area contributed by atoms with Gasteiger partial charge in [-0.05, 0) is 54.5 Å². The van der Waals surface area contributed by atoms with E-state index in [0.29, 0.717) is 16.4 Å². The second-order valence-corrected chi connectivity index (χ2v) is 7.13. The van der Waals surface area contributed by atoms with Crippen molar-refractivity contribution in [3.63, 3.8) is 0 Å². The molecule has 3 nitrogen and oxygen atoms in total. The van der Waals surface area contributed by atoms with Crippen LogP contribution in [0.15, 0.2) is 17.0 Å². The molecule has 98 valence electrons. The van der Waals surface area contributed by atoms with E-state index in [4.69, 9.17) is 11.6 Å². The molecule has 0 atom stereocenters. The highest BCUT2D eigenvalue weighted by Gasteiger charge is 2.28. The van der Waals surface area contributed by atoms with Gasteiger partial charge in [0.1, 0.15) is 0 Å². The Morgan fingerprint density at radius 3 is 2.33 bits per heavy atom. The molecule has 0 spiro atoms. The minimum Gasteiger partial charge on any atom is -0.276 e. The maximum atomic E-state index is 11.9. The van der Waals surface area contributed by atoms with Crippen molar-refractivity contribution in [3.05, 3.63) is 28.8 Å². The third-order valence-electron chi connectivity index (χ3n) is 3.56. The van der Waals surface area contributed by atoms with Crippen molar-refractivity contribution in [1.29, 1.82) is 0 Å². The summed E-state index contributed by atoms with van der Waals surface area (Å²) >= 11 is 5.48. The zero-order valence-electron chi connectivity index (χ0n) is 10.4. The number of rotatable bonds is 3. The number of hydrogen-bond acceptors (Lipinski definition) is 3. The summed E-state index contributed by atoms with van der Waals surface area (Å²) < 4.78 is 23.9. The Kier molecular flexibility index (Phi) is 3.52. The summed E-state index contributed by atoms with van der Waals surface area (Å²) in [4.78, 5) is 11.6. The highest BCUT2D eigenvalue weighted by molar-refractivity contribution is 7.90. The Morgan fingerprint density at radius 1 is 1.33 bits per heavy atom. The Hall–Kier alpha value is -0.870. The van der Waals surface area contributed by atoms with Crippen LogP contribution < -0.4 is 0 Å². The predicted octanol–water partition coefficient (Wildman–Crippen LogP) is 3.05. The molecule has 5 heteroatoms. The van der Waals surface area contributed by atoms with Gasteiger partial charge < -0.3 is 0 Å². The molecular formula is C13H15ClO3S. The molecule has 1 aromatic carbocycles. The van der Waals surface area contributed by atoms with Gasteiger partial charge in [-0.25, -0.2) is 8.42 Å². The van der Waals surface area contributed by atoms with E-state index in [2.05, 4.69) is 0 Å². The smallest absolute Gasteiger partial charge is 0.252 e. The van der Waals surface area contributed by atoms with Crippen LogP contribution in [0.2, 0.25) is 0 Å². The van der Waals surface area contributed by atoms with E-state index in [1.54, 1.807) is 19.1 Å². The third kappa shape index (κ3) is 2.31. The average molecular weight is 287 g/mol. The van der Waals surface area contributed by atoms with E-state index < -0.39 is 15.1 Å². The number of benzene rings is 1. The fourth-order valence-corrected chi connectivity index (χ4v) is 3.99. The van der Waals surface area contributed by atoms with Gasteiger partial charge >= 0.3 is 0 Å². The van der Waals surface area contributed by atoms with Crippen LogP contribution in [0.1, 0.15) is 46.7 Å². The SMILES string of the molecule is Cc1c(C(=O)Cl)ccc(C2CCC2)c1S(C)(=O)=O. The minimum atomic E-state index is -3.35. The summed E-state index contributed by atoms with van der Waals surface area (Å²) in [6.07, 6.45) is 4.33. The predicted molar refractivity (Wildman–Crippen MR) is 71.1 cm³/mol. The molecule has 0 radical (unpaired) electrons. The lowest BCUT2D eigenvalue weighted by atomic mass is 9.79. The van der Waals surface area contributed by atoms with Crippen molar-refractivity contribution in [2.24, 2.45) is 0 Å². The van der Waals surface area contributed by atoms with Gasteiger partial charge in [-0.3, -0.25) is 4.79 Å². The summed E-state index contributed by atoms with van der Waals surface area (Å²) in [5, 5.41) is -0.613. The lowest BCUT2D eigenvalue weighted by Crippen LogP contribution is -2.16. The molecule has 0 aromatic heterocycles. The Morgan fingerprint density at radius 2 is 1.94 bits per heavy atom. The number of carbonyl (C=O) groups is 1. The quantitative estimate of drug-likeness (QED) is 0.803. The first kappa shape index (κ1) is 13.6. The van der Waals surface area contributed by atoms with Crippen molar-refractivity contribution in [3.8, 4) is 0 Å². The Bertz CT molecular complexity index is 601. The monoisotopic (exact) mass is 286 g/mol. The summed E-state index contributed by atoms with van der Waals surface area (Å²) in [6.45, 7) is 1.65. The van der Waals surface area contributed by atoms with E-state index in [-0.39, 0.29) is 5.56 Å². The Labute approximate surface area is 112 Å². The molecule has 1 aromatic rings. The van der Waals surface area contributed by atoms with Crippen LogP contribution in [0.5, 0.6) is 0 Å². The lowest BCUT2D eigenvalue weighted by molar-refractivity contribution is 0.108. The second-order valence-electron chi connectivity index (χ2n) is 4.83. The number of carbonyl (C=O) groups excluding carboxylic acids is 1. The number of sulfone groups is 1. The second kappa shape index (κ2) is 4.67. The van der Waals surface area contributed by atoms with Crippen molar-refractivity contribution >= 4 is 26.7 Å². The first-order chi connectivity index (χ1) is 8.32. The first-order valence-corrected chi connectivity index (χ1v) is 8.12. The molecule has 1 aliphatic carbocycles. The van der Waals surface area contributed by atoms with Crippen molar-refractivity contribution in [1.82, 2.24) is 0 Å². The largest absolute Gasteiger partial charge is 0.276 e. The van der Waals surface area contributed by atoms with Gasteiger partial charge in [0.15, 0.2) is 9.84 Å². The molecule has 0 heterocycles. The van der Waals surface area contributed by atoms with E-state index in [9.17, 15) is 13.2 Å². The van der Waals surface area contributed by atoms with Gasteiger partial charge in [0.05, 0.1) is 4.90 Å². The van der Waals surface area contributed by atoms with Gasteiger partial charge in [-0.15, -0.1) is 0 Å². The Balaban J connectivity index is 2.69. The van der Waals surface area contributed by atoms with Crippen LogP contribution in [0.25, 0.3) is 0 Å². The maximum Gasteiger partial charge on any atom is 0.252 e. The summed E-state index contributed by atoms with van der Waals surface area (Å²) in [7, 11) is -3.35. The molecule has 0 N–H and O–H groups in total. The van der Waals surface area contributed by atoms with E-state index in [1.807, 2.05) is 0 Å². The molecule has 0 unspecified atom stereocenters. The van der Waals surface area contributed by atoms with Crippen LogP contribution in [-0.2, 0) is 9.84 Å². The molecule has 2 rings (SSSR count). The summed E-state index contributed by atoms with van der Waals surface area (Å²) in [5.41, 5.74) is 1.59. The van der Waals surface area contributed by atoms with E-state index >= 15 is 0 Å². The highest BCUT2D eigenvalue weighted by atomic mass is 35.5. The number of halogens is 1. The zero-order valence-corrected chi connectivity index (χ0v) is 11.9. The molecular weight excluding hydrogens is 272 g/mol. The lowest BCUT2D eigenvalue weighted by Gasteiger charge is -2.28. The standard InChI is InChI=1S/C13H15ClO3S/c1-8-10(13(14)15)6-7-11(9-4-3-5-9)12(8)18(2,16)17/h6-7,9H,3-5H2,1-2H3. The average Bonchev–Trinajstić information content (AvgIpc) is 2.11. The molecule has 0 aliphatic heterocycles. The van der Waals surface area contributed by atoms with Gasteiger partial charge in [-0.1, -0.05) is 12.5 Å². The van der Waals surface area contributed by atoms with Gasteiger partial charge in [-0.2, -0.15) is 0 Å². The van der Waals surface area contributed by atoms with Gasteiger partial charge in [0.2, 0.25) is 0 Å². The van der Waals surface area contributed by atoms with Crippen LogP contribution in [0.4, 0.5) is 0 Å². The summed E-state index contributed by atoms with van der Waals surface area (Å²) in [5.74, 6) is 0.299. The van der Waals surface area contributed by atoms with Crippen LogP contribution in [0.3, 0.4) is 0 Å². The molecule has 18 heavy (non-hydrogen) atoms. The van der Waals surface area contributed by atoms with Gasteiger partial charge in [0.25, 0.3) is 5.24 Å². The van der Waals surface area contributed by atoms with E-state index in [1.165, 1.54) is 6.26 Å². The third-order valence-corrected chi connectivity index (χ3v) is 5.05. The fraction of sp³-hybridized carbons (Fsp3) is 0.462. The first-order valence-electron chi connectivity index (χ1n) is 5.85. The maximum absolute atomic E-state index is 11.9. The number of hydrogen-bond donors (Lipinski definition) is 0.